The van der Waals surface area contributed by atoms with Gasteiger partial charge in [0.25, 0.3) is 5.56 Å². The van der Waals surface area contributed by atoms with Gasteiger partial charge in [-0.2, -0.15) is 4.98 Å². The molecular formula is C20H24N4O3S2. The van der Waals surface area contributed by atoms with Crippen LogP contribution < -0.4 is 5.56 Å². The van der Waals surface area contributed by atoms with Gasteiger partial charge in [0, 0.05) is 17.9 Å². The highest BCUT2D eigenvalue weighted by Crippen LogP contribution is 2.35. The van der Waals surface area contributed by atoms with Gasteiger partial charge in [-0.05, 0) is 44.1 Å². The fourth-order valence-corrected chi connectivity index (χ4v) is 6.26. The first-order valence-electron chi connectivity index (χ1n) is 10.3. The van der Waals surface area contributed by atoms with Gasteiger partial charge in [0.15, 0.2) is 11.0 Å². The van der Waals surface area contributed by atoms with E-state index in [2.05, 4.69) is 10.1 Å². The van der Waals surface area contributed by atoms with E-state index >= 15 is 0 Å². The van der Waals surface area contributed by atoms with Crippen molar-refractivity contribution < 1.29 is 9.26 Å². The maximum Gasteiger partial charge on any atom is 0.263 e. The zero-order valence-electron chi connectivity index (χ0n) is 16.5. The highest BCUT2D eigenvalue weighted by Gasteiger charge is 2.25. The summed E-state index contributed by atoms with van der Waals surface area (Å²) in [5.74, 6) is 1.79. The minimum Gasteiger partial charge on any atom is -0.376 e. The Kier molecular flexibility index (Phi) is 5.45. The van der Waals surface area contributed by atoms with E-state index in [1.807, 2.05) is 11.5 Å². The molecule has 0 aromatic carbocycles. The number of thioether (sulfide) groups is 1. The maximum absolute atomic E-state index is 13.5. The molecule has 2 aliphatic rings. The van der Waals surface area contributed by atoms with E-state index in [1.54, 1.807) is 11.3 Å². The van der Waals surface area contributed by atoms with Crippen LogP contribution in [0.2, 0.25) is 0 Å². The summed E-state index contributed by atoms with van der Waals surface area (Å²) in [5.41, 5.74) is 1.31. The maximum atomic E-state index is 13.5. The minimum absolute atomic E-state index is 0.0785. The molecule has 29 heavy (non-hydrogen) atoms. The Balaban J connectivity index is 1.53. The largest absolute Gasteiger partial charge is 0.376 e. The summed E-state index contributed by atoms with van der Waals surface area (Å²) < 4.78 is 12.9. The van der Waals surface area contributed by atoms with E-state index in [9.17, 15) is 4.79 Å². The third-order valence-electron chi connectivity index (χ3n) is 5.59. The van der Waals surface area contributed by atoms with Crippen molar-refractivity contribution in [3.63, 3.8) is 0 Å². The first-order valence-corrected chi connectivity index (χ1v) is 12.1. The van der Waals surface area contributed by atoms with Crippen LogP contribution in [0, 0.1) is 0 Å². The van der Waals surface area contributed by atoms with Gasteiger partial charge in [-0.15, -0.1) is 11.3 Å². The van der Waals surface area contributed by atoms with Crippen LogP contribution in [-0.4, -0.2) is 32.4 Å². The first kappa shape index (κ1) is 19.3. The molecular weight excluding hydrogens is 408 g/mol. The van der Waals surface area contributed by atoms with E-state index in [4.69, 9.17) is 14.2 Å². The summed E-state index contributed by atoms with van der Waals surface area (Å²) in [7, 11) is 0. The van der Waals surface area contributed by atoms with Gasteiger partial charge < -0.3 is 9.26 Å². The Bertz CT molecular complexity index is 1080. The zero-order valence-corrected chi connectivity index (χ0v) is 18.1. The Morgan fingerprint density at radius 1 is 1.24 bits per heavy atom. The van der Waals surface area contributed by atoms with Gasteiger partial charge in [0.2, 0.25) is 5.89 Å². The minimum atomic E-state index is 0.0785. The lowest BCUT2D eigenvalue weighted by molar-refractivity contribution is 0.0937. The number of ether oxygens (including phenoxy) is 1. The third kappa shape index (κ3) is 3.75. The molecule has 1 fully saturated rings. The Morgan fingerprint density at radius 3 is 2.93 bits per heavy atom. The number of hydrogen-bond donors (Lipinski definition) is 0. The molecule has 4 heterocycles. The fraction of sp³-hybridized carbons (Fsp3) is 0.600. The van der Waals surface area contributed by atoms with E-state index in [-0.39, 0.29) is 11.7 Å². The molecule has 1 unspecified atom stereocenters. The summed E-state index contributed by atoms with van der Waals surface area (Å²) in [6.07, 6.45) is 7.23. The number of aryl methyl sites for hydroxylation is 3. The van der Waals surface area contributed by atoms with Crippen LogP contribution in [0.3, 0.4) is 0 Å². The molecule has 1 aliphatic heterocycles. The zero-order chi connectivity index (χ0) is 19.8. The number of thiophene rings is 1. The normalized spacial score (nSPS) is 19.1. The summed E-state index contributed by atoms with van der Waals surface area (Å²) in [4.78, 5) is 25.1. The fourth-order valence-electron chi connectivity index (χ4n) is 4.10. The summed E-state index contributed by atoms with van der Waals surface area (Å²) >= 11 is 3.19. The summed E-state index contributed by atoms with van der Waals surface area (Å²) in [6.45, 7) is 3.31. The van der Waals surface area contributed by atoms with Crippen molar-refractivity contribution in [1.29, 1.82) is 0 Å². The molecule has 1 atom stereocenters. The Hall–Kier alpha value is -1.71. The van der Waals surface area contributed by atoms with Crippen molar-refractivity contribution in [1.82, 2.24) is 19.7 Å². The topological polar surface area (TPSA) is 83.0 Å². The van der Waals surface area contributed by atoms with Crippen molar-refractivity contribution >= 4 is 33.3 Å². The van der Waals surface area contributed by atoms with Crippen LogP contribution in [-0.2, 0) is 36.3 Å². The molecule has 7 nitrogen and oxygen atoms in total. The molecule has 154 valence electrons. The van der Waals surface area contributed by atoms with Crippen molar-refractivity contribution in [2.45, 2.75) is 75.4 Å². The van der Waals surface area contributed by atoms with Crippen LogP contribution >= 0.6 is 23.1 Å². The average molecular weight is 433 g/mol. The van der Waals surface area contributed by atoms with Gasteiger partial charge in [-0.25, -0.2) is 4.98 Å². The lowest BCUT2D eigenvalue weighted by Gasteiger charge is -2.16. The van der Waals surface area contributed by atoms with Crippen molar-refractivity contribution in [3.8, 4) is 0 Å². The molecule has 1 saturated heterocycles. The Labute approximate surface area is 176 Å². The summed E-state index contributed by atoms with van der Waals surface area (Å²) in [6, 6.07) is 0. The van der Waals surface area contributed by atoms with Crippen LogP contribution in [0.4, 0.5) is 0 Å². The number of hydrogen-bond acceptors (Lipinski definition) is 8. The van der Waals surface area contributed by atoms with Crippen LogP contribution in [0.5, 0.6) is 0 Å². The van der Waals surface area contributed by atoms with E-state index in [0.29, 0.717) is 30.4 Å². The Morgan fingerprint density at radius 2 is 2.14 bits per heavy atom. The molecule has 9 heteroatoms. The highest BCUT2D eigenvalue weighted by molar-refractivity contribution is 7.98. The number of nitrogens with zero attached hydrogens (tertiary/aromatic N) is 4. The average Bonchev–Trinajstić information content (AvgIpc) is 3.48. The van der Waals surface area contributed by atoms with Gasteiger partial charge in [-0.1, -0.05) is 23.8 Å². The van der Waals surface area contributed by atoms with Crippen molar-refractivity contribution in [2.24, 2.45) is 0 Å². The highest BCUT2D eigenvalue weighted by atomic mass is 32.2. The first-order chi connectivity index (χ1) is 14.2. The predicted octanol–water partition coefficient (Wildman–Crippen LogP) is 3.75. The lowest BCUT2D eigenvalue weighted by Crippen LogP contribution is -2.29. The lowest BCUT2D eigenvalue weighted by atomic mass is 9.97. The quantitative estimate of drug-likeness (QED) is 0.433. The molecule has 0 bridgehead atoms. The molecule has 0 N–H and O–H groups in total. The van der Waals surface area contributed by atoms with Crippen LogP contribution in [0.25, 0.3) is 10.2 Å². The SMILES string of the molecule is CCc1nc(CSc2nc3sc4c(c3c(=O)n2CC2CCCO2)CCCC4)no1. The molecule has 3 aromatic heterocycles. The van der Waals surface area contributed by atoms with E-state index < -0.39 is 0 Å². The van der Waals surface area contributed by atoms with E-state index in [1.165, 1.54) is 28.6 Å². The second-order valence-corrected chi connectivity index (χ2v) is 9.61. The molecule has 0 spiro atoms. The standard InChI is InChI=1S/C20H24N4O3S2/c1-2-16-21-15(23-27-16)11-28-20-22-18-17(13-7-3-4-8-14(13)29-18)19(25)24(20)10-12-6-5-9-26-12/h12H,2-11H2,1H3. The molecule has 0 amide bonds. The monoisotopic (exact) mass is 432 g/mol. The molecule has 3 aromatic rings. The van der Waals surface area contributed by atoms with Crippen LogP contribution in [0.15, 0.2) is 14.5 Å². The number of fused-ring (bicyclic) bond motifs is 3. The second kappa shape index (κ2) is 8.20. The summed E-state index contributed by atoms with van der Waals surface area (Å²) in [5, 5.41) is 5.58. The molecule has 1 aliphatic carbocycles. The van der Waals surface area contributed by atoms with Crippen molar-refractivity contribution in [3.05, 3.63) is 32.5 Å². The molecule has 0 saturated carbocycles. The van der Waals surface area contributed by atoms with Crippen LogP contribution in [0.1, 0.15) is 54.8 Å². The van der Waals surface area contributed by atoms with Gasteiger partial charge in [0.1, 0.15) is 4.83 Å². The smallest absolute Gasteiger partial charge is 0.263 e. The van der Waals surface area contributed by atoms with E-state index in [0.717, 1.165) is 54.1 Å². The molecule has 5 rings (SSSR count). The van der Waals surface area contributed by atoms with Crippen molar-refractivity contribution in [2.75, 3.05) is 6.61 Å². The third-order valence-corrected chi connectivity index (χ3v) is 7.75. The van der Waals surface area contributed by atoms with Gasteiger partial charge >= 0.3 is 0 Å². The number of aromatic nitrogens is 4. The van der Waals surface area contributed by atoms with Gasteiger partial charge in [0.05, 0.1) is 23.8 Å². The van der Waals surface area contributed by atoms with Gasteiger partial charge in [-0.3, -0.25) is 9.36 Å². The number of rotatable bonds is 6. The molecule has 0 radical (unpaired) electrons. The predicted molar refractivity (Wildman–Crippen MR) is 113 cm³/mol. The second-order valence-electron chi connectivity index (χ2n) is 7.58.